The van der Waals surface area contributed by atoms with Gasteiger partial charge in [0.15, 0.2) is 0 Å². The Morgan fingerprint density at radius 1 is 1.69 bits per heavy atom. The first-order chi connectivity index (χ1) is 6.22. The summed E-state index contributed by atoms with van der Waals surface area (Å²) in [6, 6.07) is 4.26. The van der Waals surface area contributed by atoms with E-state index in [4.69, 9.17) is 5.26 Å². The summed E-state index contributed by atoms with van der Waals surface area (Å²) < 4.78 is 2.02. The average molecular weight is 177 g/mol. The first-order valence-electron chi connectivity index (χ1n) is 4.43. The molecule has 13 heavy (non-hydrogen) atoms. The van der Waals surface area contributed by atoms with E-state index in [2.05, 4.69) is 23.6 Å². The second-order valence-electron chi connectivity index (χ2n) is 3.35. The molecule has 1 atom stereocenters. The first kappa shape index (κ1) is 9.82. The SMILES string of the molecule is CC(C#N)CNCc1ccn(C)c1. The molecule has 1 N–H and O–H groups in total. The van der Waals surface area contributed by atoms with Crippen LogP contribution in [0.15, 0.2) is 18.5 Å². The Kier molecular flexibility index (Phi) is 3.53. The highest BCUT2D eigenvalue weighted by Gasteiger charge is 1.98. The highest BCUT2D eigenvalue weighted by Crippen LogP contribution is 1.98. The van der Waals surface area contributed by atoms with Crippen LogP contribution < -0.4 is 5.32 Å². The zero-order valence-electron chi connectivity index (χ0n) is 8.12. The fourth-order valence-corrected chi connectivity index (χ4v) is 1.14. The molecule has 1 unspecified atom stereocenters. The van der Waals surface area contributed by atoms with E-state index in [1.165, 1.54) is 5.56 Å². The van der Waals surface area contributed by atoms with Gasteiger partial charge in [0.05, 0.1) is 12.0 Å². The van der Waals surface area contributed by atoms with Crippen molar-refractivity contribution in [1.29, 1.82) is 5.26 Å². The number of aromatic nitrogens is 1. The van der Waals surface area contributed by atoms with Gasteiger partial charge < -0.3 is 9.88 Å². The summed E-state index contributed by atoms with van der Waals surface area (Å²) in [5.74, 6) is 0.0868. The average Bonchev–Trinajstić information content (AvgIpc) is 2.51. The number of nitriles is 1. The number of nitrogens with zero attached hydrogens (tertiary/aromatic N) is 2. The molecule has 0 bridgehead atoms. The Balaban J connectivity index is 2.25. The quantitative estimate of drug-likeness (QED) is 0.752. The zero-order valence-corrected chi connectivity index (χ0v) is 8.12. The smallest absolute Gasteiger partial charge is 0.0666 e. The molecule has 0 saturated heterocycles. The highest BCUT2D eigenvalue weighted by atomic mass is 14.9. The molecule has 0 amide bonds. The van der Waals surface area contributed by atoms with Gasteiger partial charge in [0, 0.05) is 32.5 Å². The van der Waals surface area contributed by atoms with Crippen LogP contribution in [0.4, 0.5) is 0 Å². The highest BCUT2D eigenvalue weighted by molar-refractivity contribution is 5.09. The summed E-state index contributed by atoms with van der Waals surface area (Å²) in [6.45, 7) is 3.51. The van der Waals surface area contributed by atoms with E-state index in [1.54, 1.807) is 0 Å². The van der Waals surface area contributed by atoms with Crippen LogP contribution in [0.2, 0.25) is 0 Å². The van der Waals surface area contributed by atoms with Crippen molar-refractivity contribution in [1.82, 2.24) is 9.88 Å². The standard InChI is InChI=1S/C10H15N3/c1-9(5-11)6-12-7-10-3-4-13(2)8-10/h3-4,8-9,12H,6-7H2,1-2H3. The molecular weight excluding hydrogens is 162 g/mol. The van der Waals surface area contributed by atoms with Crippen molar-refractivity contribution in [2.45, 2.75) is 13.5 Å². The molecule has 70 valence electrons. The molecule has 0 aliphatic heterocycles. The van der Waals surface area contributed by atoms with Gasteiger partial charge in [0.2, 0.25) is 0 Å². The van der Waals surface area contributed by atoms with Gasteiger partial charge in [-0.25, -0.2) is 0 Å². The molecule has 3 nitrogen and oxygen atoms in total. The summed E-state index contributed by atoms with van der Waals surface area (Å²) in [6.07, 6.45) is 4.09. The van der Waals surface area contributed by atoms with Crippen molar-refractivity contribution in [3.05, 3.63) is 24.0 Å². The summed E-state index contributed by atoms with van der Waals surface area (Å²) >= 11 is 0. The van der Waals surface area contributed by atoms with Crippen LogP contribution in [0.25, 0.3) is 0 Å². The fraction of sp³-hybridized carbons (Fsp3) is 0.500. The molecule has 0 fully saturated rings. The molecule has 0 radical (unpaired) electrons. The number of nitrogens with one attached hydrogen (secondary N) is 1. The van der Waals surface area contributed by atoms with Crippen molar-refractivity contribution >= 4 is 0 Å². The topological polar surface area (TPSA) is 40.8 Å². The summed E-state index contributed by atoms with van der Waals surface area (Å²) in [5.41, 5.74) is 1.26. The van der Waals surface area contributed by atoms with E-state index in [9.17, 15) is 0 Å². The van der Waals surface area contributed by atoms with Crippen LogP contribution >= 0.6 is 0 Å². The lowest BCUT2D eigenvalue weighted by atomic mass is 10.2. The van der Waals surface area contributed by atoms with Gasteiger partial charge >= 0.3 is 0 Å². The number of aryl methyl sites for hydroxylation is 1. The molecule has 0 aliphatic rings. The van der Waals surface area contributed by atoms with Gasteiger partial charge in [-0.05, 0) is 18.6 Å². The van der Waals surface area contributed by atoms with E-state index in [-0.39, 0.29) is 5.92 Å². The third-order valence-corrected chi connectivity index (χ3v) is 1.89. The van der Waals surface area contributed by atoms with Crippen molar-refractivity contribution < 1.29 is 0 Å². The van der Waals surface area contributed by atoms with E-state index in [1.807, 2.05) is 24.7 Å². The molecule has 0 aromatic carbocycles. The largest absolute Gasteiger partial charge is 0.357 e. The molecule has 0 saturated carbocycles. The van der Waals surface area contributed by atoms with Crippen LogP contribution in [0, 0.1) is 17.2 Å². The van der Waals surface area contributed by atoms with Crippen LogP contribution in [-0.2, 0) is 13.6 Å². The number of hydrogen-bond donors (Lipinski definition) is 1. The maximum Gasteiger partial charge on any atom is 0.0666 e. The second kappa shape index (κ2) is 4.68. The lowest BCUT2D eigenvalue weighted by Crippen LogP contribution is -2.19. The van der Waals surface area contributed by atoms with Gasteiger partial charge in [-0.2, -0.15) is 5.26 Å². The minimum Gasteiger partial charge on any atom is -0.357 e. The van der Waals surface area contributed by atoms with Crippen molar-refractivity contribution in [3.63, 3.8) is 0 Å². The van der Waals surface area contributed by atoms with Crippen molar-refractivity contribution in [3.8, 4) is 6.07 Å². The summed E-state index contributed by atoms with van der Waals surface area (Å²) in [4.78, 5) is 0. The Morgan fingerprint density at radius 3 is 3.00 bits per heavy atom. The molecule has 1 aromatic heterocycles. The lowest BCUT2D eigenvalue weighted by Gasteiger charge is -2.03. The molecule has 1 heterocycles. The van der Waals surface area contributed by atoms with Crippen LogP contribution in [-0.4, -0.2) is 11.1 Å². The van der Waals surface area contributed by atoms with Crippen LogP contribution in [0.1, 0.15) is 12.5 Å². The molecular formula is C10H15N3. The molecule has 0 aliphatic carbocycles. The number of hydrogen-bond acceptors (Lipinski definition) is 2. The van der Waals surface area contributed by atoms with Gasteiger partial charge in [0.1, 0.15) is 0 Å². The van der Waals surface area contributed by atoms with Crippen LogP contribution in [0.5, 0.6) is 0 Å². The maximum absolute atomic E-state index is 8.54. The Hall–Kier alpha value is -1.27. The van der Waals surface area contributed by atoms with E-state index < -0.39 is 0 Å². The Labute approximate surface area is 79.0 Å². The third kappa shape index (κ3) is 3.30. The summed E-state index contributed by atoms with van der Waals surface area (Å²) in [7, 11) is 2.00. The second-order valence-corrected chi connectivity index (χ2v) is 3.35. The molecule has 0 spiro atoms. The predicted octanol–water partition coefficient (Wildman–Crippen LogP) is 1.27. The maximum atomic E-state index is 8.54. The van der Waals surface area contributed by atoms with Crippen LogP contribution in [0.3, 0.4) is 0 Å². The predicted molar refractivity (Wildman–Crippen MR) is 51.9 cm³/mol. The van der Waals surface area contributed by atoms with Crippen molar-refractivity contribution in [2.24, 2.45) is 13.0 Å². The number of rotatable bonds is 4. The molecule has 1 aromatic rings. The Bertz CT molecular complexity index is 295. The summed E-state index contributed by atoms with van der Waals surface area (Å²) in [5, 5.41) is 11.8. The van der Waals surface area contributed by atoms with Gasteiger partial charge in [-0.15, -0.1) is 0 Å². The van der Waals surface area contributed by atoms with Crippen molar-refractivity contribution in [2.75, 3.05) is 6.54 Å². The zero-order chi connectivity index (χ0) is 9.68. The van der Waals surface area contributed by atoms with E-state index in [0.29, 0.717) is 0 Å². The third-order valence-electron chi connectivity index (χ3n) is 1.89. The molecule has 3 heteroatoms. The lowest BCUT2D eigenvalue weighted by molar-refractivity contribution is 0.601. The van der Waals surface area contributed by atoms with Gasteiger partial charge in [-0.3, -0.25) is 0 Å². The van der Waals surface area contributed by atoms with Gasteiger partial charge in [-0.1, -0.05) is 0 Å². The van der Waals surface area contributed by atoms with Gasteiger partial charge in [0.25, 0.3) is 0 Å². The Morgan fingerprint density at radius 2 is 2.46 bits per heavy atom. The minimum atomic E-state index is 0.0868. The minimum absolute atomic E-state index is 0.0868. The van der Waals surface area contributed by atoms with E-state index >= 15 is 0 Å². The first-order valence-corrected chi connectivity index (χ1v) is 4.43. The monoisotopic (exact) mass is 177 g/mol. The fourth-order valence-electron chi connectivity index (χ4n) is 1.14. The van der Waals surface area contributed by atoms with E-state index in [0.717, 1.165) is 13.1 Å². The molecule has 1 rings (SSSR count). The normalized spacial score (nSPS) is 12.4.